The Labute approximate surface area is 129 Å². The number of aryl methyl sites for hydroxylation is 1. The maximum Gasteiger partial charge on any atom is 0.274 e. The van der Waals surface area contributed by atoms with Crippen LogP contribution in [0.15, 0.2) is 43.0 Å². The van der Waals surface area contributed by atoms with Crippen molar-refractivity contribution >= 4 is 17.4 Å². The highest BCUT2D eigenvalue weighted by Gasteiger charge is 2.12. The normalized spacial score (nSPS) is 9.91. The SMILES string of the molecule is C=CCNc1cc(C(=O)Nc2ccccc2OC)nc(C)n1. The van der Waals surface area contributed by atoms with E-state index in [-0.39, 0.29) is 11.6 Å². The van der Waals surface area contributed by atoms with Crippen molar-refractivity contribution in [3.8, 4) is 5.75 Å². The third-order valence-corrected chi connectivity index (χ3v) is 2.85. The van der Waals surface area contributed by atoms with Gasteiger partial charge in [0.05, 0.1) is 12.8 Å². The van der Waals surface area contributed by atoms with E-state index in [0.29, 0.717) is 29.6 Å². The maximum absolute atomic E-state index is 12.4. The average Bonchev–Trinajstić information content (AvgIpc) is 2.53. The van der Waals surface area contributed by atoms with Crippen LogP contribution in [0.4, 0.5) is 11.5 Å². The van der Waals surface area contributed by atoms with Crippen LogP contribution in [0, 0.1) is 6.92 Å². The fourth-order valence-corrected chi connectivity index (χ4v) is 1.89. The number of nitrogens with zero attached hydrogens (tertiary/aromatic N) is 2. The monoisotopic (exact) mass is 298 g/mol. The van der Waals surface area contributed by atoms with Crippen LogP contribution in [-0.4, -0.2) is 29.5 Å². The molecule has 0 aliphatic heterocycles. The van der Waals surface area contributed by atoms with Gasteiger partial charge in [0.2, 0.25) is 0 Å². The molecule has 1 aromatic heterocycles. The molecule has 6 heteroatoms. The minimum atomic E-state index is -0.323. The summed E-state index contributed by atoms with van der Waals surface area (Å²) in [4.78, 5) is 20.7. The van der Waals surface area contributed by atoms with Crippen LogP contribution in [0.25, 0.3) is 0 Å². The van der Waals surface area contributed by atoms with Gasteiger partial charge in [0, 0.05) is 12.6 Å². The molecule has 1 aromatic carbocycles. The number of carbonyl (C=O) groups is 1. The lowest BCUT2D eigenvalue weighted by Gasteiger charge is -2.10. The molecule has 1 heterocycles. The number of rotatable bonds is 6. The topological polar surface area (TPSA) is 76.1 Å². The summed E-state index contributed by atoms with van der Waals surface area (Å²) in [6.07, 6.45) is 1.71. The van der Waals surface area contributed by atoms with Gasteiger partial charge in [0.25, 0.3) is 5.91 Å². The van der Waals surface area contributed by atoms with Crippen molar-refractivity contribution in [2.75, 3.05) is 24.3 Å². The molecule has 114 valence electrons. The highest BCUT2D eigenvalue weighted by atomic mass is 16.5. The molecule has 22 heavy (non-hydrogen) atoms. The fourth-order valence-electron chi connectivity index (χ4n) is 1.89. The van der Waals surface area contributed by atoms with Crippen molar-refractivity contribution in [2.45, 2.75) is 6.92 Å². The first-order valence-corrected chi connectivity index (χ1v) is 6.79. The smallest absolute Gasteiger partial charge is 0.274 e. The van der Waals surface area contributed by atoms with Gasteiger partial charge >= 0.3 is 0 Å². The second-order valence-corrected chi connectivity index (χ2v) is 4.51. The molecule has 0 unspecified atom stereocenters. The third-order valence-electron chi connectivity index (χ3n) is 2.85. The van der Waals surface area contributed by atoms with E-state index in [1.165, 1.54) is 0 Å². The van der Waals surface area contributed by atoms with Crippen molar-refractivity contribution in [1.82, 2.24) is 9.97 Å². The molecule has 0 atom stereocenters. The molecule has 0 aliphatic carbocycles. The summed E-state index contributed by atoms with van der Waals surface area (Å²) in [7, 11) is 1.55. The quantitative estimate of drug-likeness (QED) is 0.802. The van der Waals surface area contributed by atoms with Crippen molar-refractivity contribution in [3.05, 3.63) is 54.5 Å². The van der Waals surface area contributed by atoms with E-state index >= 15 is 0 Å². The zero-order valence-electron chi connectivity index (χ0n) is 12.6. The summed E-state index contributed by atoms with van der Waals surface area (Å²) in [6, 6.07) is 8.79. The van der Waals surface area contributed by atoms with E-state index in [1.54, 1.807) is 38.3 Å². The molecule has 0 saturated heterocycles. The lowest BCUT2D eigenvalue weighted by molar-refractivity contribution is 0.102. The summed E-state index contributed by atoms with van der Waals surface area (Å²) < 4.78 is 5.21. The molecule has 1 amide bonds. The Kier molecular flexibility index (Phi) is 5.08. The molecule has 0 fully saturated rings. The van der Waals surface area contributed by atoms with Crippen molar-refractivity contribution in [3.63, 3.8) is 0 Å². The molecule has 0 radical (unpaired) electrons. The standard InChI is InChI=1S/C16H18N4O2/c1-4-9-17-15-10-13(18-11(2)19-15)16(21)20-12-7-5-6-8-14(12)22-3/h4-8,10H,1,9H2,2-3H3,(H,20,21)(H,17,18,19). The Morgan fingerprint density at radius 3 is 2.86 bits per heavy atom. The zero-order valence-corrected chi connectivity index (χ0v) is 12.6. The van der Waals surface area contributed by atoms with Crippen molar-refractivity contribution < 1.29 is 9.53 Å². The van der Waals surface area contributed by atoms with Gasteiger partial charge < -0.3 is 15.4 Å². The molecular weight excluding hydrogens is 280 g/mol. The third kappa shape index (κ3) is 3.82. The number of ether oxygens (including phenoxy) is 1. The number of benzene rings is 1. The second-order valence-electron chi connectivity index (χ2n) is 4.51. The number of aromatic nitrogens is 2. The zero-order chi connectivity index (χ0) is 15.9. The van der Waals surface area contributed by atoms with Crippen molar-refractivity contribution in [2.24, 2.45) is 0 Å². The van der Waals surface area contributed by atoms with Gasteiger partial charge in [-0.05, 0) is 19.1 Å². The van der Waals surface area contributed by atoms with E-state index < -0.39 is 0 Å². The Morgan fingerprint density at radius 2 is 2.14 bits per heavy atom. The van der Waals surface area contributed by atoms with Crippen LogP contribution >= 0.6 is 0 Å². The molecular formula is C16H18N4O2. The second kappa shape index (κ2) is 7.21. The number of hydrogen-bond donors (Lipinski definition) is 2. The predicted octanol–water partition coefficient (Wildman–Crippen LogP) is 2.64. The molecule has 2 N–H and O–H groups in total. The number of anilines is 2. The highest BCUT2D eigenvalue weighted by molar-refractivity contribution is 6.04. The Hall–Kier alpha value is -2.89. The molecule has 6 nitrogen and oxygen atoms in total. The maximum atomic E-state index is 12.4. The van der Waals surface area contributed by atoms with Gasteiger partial charge in [-0.3, -0.25) is 4.79 Å². The number of carbonyl (C=O) groups excluding carboxylic acids is 1. The number of hydrogen-bond acceptors (Lipinski definition) is 5. The van der Waals surface area contributed by atoms with E-state index in [1.807, 2.05) is 12.1 Å². The van der Waals surface area contributed by atoms with Gasteiger partial charge in [0.1, 0.15) is 23.1 Å². The summed E-state index contributed by atoms with van der Waals surface area (Å²) in [6.45, 7) is 5.93. The largest absolute Gasteiger partial charge is 0.495 e. The first kappa shape index (κ1) is 15.5. The lowest BCUT2D eigenvalue weighted by Crippen LogP contribution is -2.16. The minimum Gasteiger partial charge on any atom is -0.495 e. The summed E-state index contributed by atoms with van der Waals surface area (Å²) in [5.41, 5.74) is 0.872. The molecule has 2 aromatic rings. The minimum absolute atomic E-state index is 0.282. The van der Waals surface area contributed by atoms with Crippen LogP contribution in [0.1, 0.15) is 16.3 Å². The Bertz CT molecular complexity index is 686. The van der Waals surface area contributed by atoms with Gasteiger partial charge in [-0.2, -0.15) is 0 Å². The summed E-state index contributed by atoms with van der Waals surface area (Å²) >= 11 is 0. The average molecular weight is 298 g/mol. The van der Waals surface area contributed by atoms with Gasteiger partial charge in [0.15, 0.2) is 0 Å². The number of para-hydroxylation sites is 2. The Balaban J connectivity index is 2.22. The van der Waals surface area contributed by atoms with E-state index in [9.17, 15) is 4.79 Å². The number of nitrogens with one attached hydrogen (secondary N) is 2. The number of amides is 1. The van der Waals surface area contributed by atoms with Gasteiger partial charge in [-0.25, -0.2) is 9.97 Å². The molecule has 0 saturated carbocycles. The Morgan fingerprint density at radius 1 is 1.36 bits per heavy atom. The van der Waals surface area contributed by atoms with Crippen LogP contribution in [0.3, 0.4) is 0 Å². The number of methoxy groups -OCH3 is 1. The van der Waals surface area contributed by atoms with Crippen LogP contribution in [0.5, 0.6) is 5.75 Å². The summed E-state index contributed by atoms with van der Waals surface area (Å²) in [5, 5.41) is 5.83. The summed E-state index contributed by atoms with van der Waals surface area (Å²) in [5.74, 6) is 1.36. The van der Waals surface area contributed by atoms with Crippen LogP contribution < -0.4 is 15.4 Å². The van der Waals surface area contributed by atoms with E-state index in [0.717, 1.165) is 0 Å². The van der Waals surface area contributed by atoms with Crippen LogP contribution in [-0.2, 0) is 0 Å². The highest BCUT2D eigenvalue weighted by Crippen LogP contribution is 2.23. The lowest BCUT2D eigenvalue weighted by atomic mass is 10.2. The van der Waals surface area contributed by atoms with Crippen molar-refractivity contribution in [1.29, 1.82) is 0 Å². The van der Waals surface area contributed by atoms with Gasteiger partial charge in [-0.15, -0.1) is 6.58 Å². The first-order chi connectivity index (χ1) is 10.6. The molecule has 0 aliphatic rings. The van der Waals surface area contributed by atoms with Gasteiger partial charge in [-0.1, -0.05) is 18.2 Å². The molecule has 2 rings (SSSR count). The van der Waals surface area contributed by atoms with Crippen LogP contribution in [0.2, 0.25) is 0 Å². The fraction of sp³-hybridized carbons (Fsp3) is 0.188. The molecule has 0 spiro atoms. The van der Waals surface area contributed by atoms with E-state index in [2.05, 4.69) is 27.2 Å². The first-order valence-electron chi connectivity index (χ1n) is 6.79. The molecule has 0 bridgehead atoms. The van der Waals surface area contributed by atoms with E-state index in [4.69, 9.17) is 4.74 Å². The predicted molar refractivity (Wildman–Crippen MR) is 86.4 cm³/mol.